The SMILES string of the molecule is CN(C)C(=O)CNC(=O)Nc1ccc(Br)cc1C(=O)O. The Morgan fingerprint density at radius 3 is 2.50 bits per heavy atom. The van der Waals surface area contributed by atoms with Gasteiger partial charge in [0.05, 0.1) is 17.8 Å². The fourth-order valence-corrected chi connectivity index (χ4v) is 1.64. The average Bonchev–Trinajstić information content (AvgIpc) is 2.37. The molecule has 0 radical (unpaired) electrons. The highest BCUT2D eigenvalue weighted by molar-refractivity contribution is 9.10. The smallest absolute Gasteiger partial charge is 0.337 e. The van der Waals surface area contributed by atoms with Gasteiger partial charge >= 0.3 is 12.0 Å². The van der Waals surface area contributed by atoms with Crippen LogP contribution >= 0.6 is 15.9 Å². The van der Waals surface area contributed by atoms with Crippen molar-refractivity contribution < 1.29 is 19.5 Å². The van der Waals surface area contributed by atoms with Crippen LogP contribution in [0.2, 0.25) is 0 Å². The molecule has 0 saturated carbocycles. The Bertz CT molecular complexity index is 546. The Labute approximate surface area is 124 Å². The van der Waals surface area contributed by atoms with Crippen LogP contribution in [-0.4, -0.2) is 48.6 Å². The molecule has 0 aliphatic carbocycles. The van der Waals surface area contributed by atoms with Crippen LogP contribution in [0.5, 0.6) is 0 Å². The Morgan fingerprint density at radius 1 is 1.30 bits per heavy atom. The lowest BCUT2D eigenvalue weighted by Gasteiger charge is -2.12. The van der Waals surface area contributed by atoms with Gasteiger partial charge in [-0.1, -0.05) is 15.9 Å². The number of carbonyl (C=O) groups excluding carboxylic acids is 2. The first-order chi connectivity index (χ1) is 9.31. The van der Waals surface area contributed by atoms with Crippen LogP contribution in [-0.2, 0) is 4.79 Å². The van der Waals surface area contributed by atoms with Gasteiger partial charge in [0.25, 0.3) is 0 Å². The summed E-state index contributed by atoms with van der Waals surface area (Å²) in [5.74, 6) is -1.43. The van der Waals surface area contributed by atoms with E-state index in [4.69, 9.17) is 5.11 Å². The van der Waals surface area contributed by atoms with Crippen molar-refractivity contribution in [3.8, 4) is 0 Å². The predicted octanol–water partition coefficient (Wildman–Crippen LogP) is 1.36. The molecule has 8 heteroatoms. The lowest BCUT2D eigenvalue weighted by atomic mass is 10.2. The maximum atomic E-state index is 11.6. The minimum absolute atomic E-state index is 0.0477. The summed E-state index contributed by atoms with van der Waals surface area (Å²) in [4.78, 5) is 35.3. The number of rotatable bonds is 4. The van der Waals surface area contributed by atoms with Gasteiger partial charge in [0.15, 0.2) is 0 Å². The van der Waals surface area contributed by atoms with Gasteiger partial charge in [0.2, 0.25) is 5.91 Å². The highest BCUT2D eigenvalue weighted by atomic mass is 79.9. The Balaban J connectivity index is 2.71. The Hall–Kier alpha value is -2.09. The molecule has 3 amide bonds. The number of benzene rings is 1. The summed E-state index contributed by atoms with van der Waals surface area (Å²) in [6, 6.07) is 3.79. The number of amides is 3. The number of halogens is 1. The summed E-state index contributed by atoms with van der Waals surface area (Å²) >= 11 is 3.15. The average molecular weight is 344 g/mol. The summed E-state index contributed by atoms with van der Waals surface area (Å²) < 4.78 is 0.587. The van der Waals surface area contributed by atoms with Crippen molar-refractivity contribution >= 4 is 39.5 Å². The van der Waals surface area contributed by atoms with Crippen LogP contribution in [0.3, 0.4) is 0 Å². The van der Waals surface area contributed by atoms with Crippen molar-refractivity contribution in [1.82, 2.24) is 10.2 Å². The van der Waals surface area contributed by atoms with E-state index in [0.29, 0.717) is 4.47 Å². The zero-order valence-corrected chi connectivity index (χ0v) is 12.5. The van der Waals surface area contributed by atoms with E-state index in [0.717, 1.165) is 0 Å². The first-order valence-electron chi connectivity index (χ1n) is 5.59. The maximum absolute atomic E-state index is 11.6. The van der Waals surface area contributed by atoms with Crippen molar-refractivity contribution in [1.29, 1.82) is 0 Å². The number of anilines is 1. The fourth-order valence-electron chi connectivity index (χ4n) is 1.28. The van der Waals surface area contributed by atoms with Crippen molar-refractivity contribution in [3.63, 3.8) is 0 Å². The summed E-state index contributed by atoms with van der Waals surface area (Å²) in [7, 11) is 3.14. The van der Waals surface area contributed by atoms with E-state index in [2.05, 4.69) is 26.6 Å². The quantitative estimate of drug-likeness (QED) is 0.768. The number of carboxylic acid groups (broad SMARTS) is 1. The molecule has 0 unspecified atom stereocenters. The van der Waals surface area contributed by atoms with Gasteiger partial charge in [0, 0.05) is 18.6 Å². The van der Waals surface area contributed by atoms with Crippen LogP contribution in [0.4, 0.5) is 10.5 Å². The summed E-state index contributed by atoms with van der Waals surface area (Å²) in [6.45, 7) is -0.169. The van der Waals surface area contributed by atoms with Crippen LogP contribution < -0.4 is 10.6 Å². The highest BCUT2D eigenvalue weighted by Crippen LogP contribution is 2.21. The maximum Gasteiger partial charge on any atom is 0.337 e. The van der Waals surface area contributed by atoms with Crippen LogP contribution in [0, 0.1) is 0 Å². The molecular weight excluding hydrogens is 330 g/mol. The molecule has 3 N–H and O–H groups in total. The molecule has 7 nitrogen and oxygen atoms in total. The molecule has 1 aromatic carbocycles. The Kier molecular flexibility index (Phi) is 5.51. The van der Waals surface area contributed by atoms with E-state index < -0.39 is 12.0 Å². The number of urea groups is 1. The Morgan fingerprint density at radius 2 is 1.95 bits per heavy atom. The third-order valence-electron chi connectivity index (χ3n) is 2.36. The van der Waals surface area contributed by atoms with Crippen molar-refractivity contribution in [3.05, 3.63) is 28.2 Å². The normalized spacial score (nSPS) is 9.75. The van der Waals surface area contributed by atoms with Gasteiger partial charge in [-0.15, -0.1) is 0 Å². The molecule has 0 saturated heterocycles. The predicted molar refractivity (Wildman–Crippen MR) is 76.8 cm³/mol. The third kappa shape index (κ3) is 4.54. The van der Waals surface area contributed by atoms with Gasteiger partial charge < -0.3 is 20.6 Å². The number of aromatic carboxylic acids is 1. The number of nitrogens with zero attached hydrogens (tertiary/aromatic N) is 1. The van der Waals surface area contributed by atoms with Crippen LogP contribution in [0.25, 0.3) is 0 Å². The molecule has 0 aromatic heterocycles. The molecule has 0 fully saturated rings. The summed E-state index contributed by atoms with van der Waals surface area (Å²) in [5.41, 5.74) is 0.101. The molecular formula is C12H14BrN3O4. The molecule has 0 aliphatic rings. The van der Waals surface area contributed by atoms with E-state index in [-0.39, 0.29) is 23.7 Å². The second kappa shape index (κ2) is 6.90. The van der Waals surface area contributed by atoms with E-state index in [1.54, 1.807) is 20.2 Å². The first-order valence-corrected chi connectivity index (χ1v) is 6.38. The number of hydrogen-bond donors (Lipinski definition) is 3. The van der Waals surface area contributed by atoms with Crippen LogP contribution in [0.15, 0.2) is 22.7 Å². The van der Waals surface area contributed by atoms with E-state index >= 15 is 0 Å². The van der Waals surface area contributed by atoms with Crippen molar-refractivity contribution in [2.75, 3.05) is 26.0 Å². The molecule has 0 atom stereocenters. The van der Waals surface area contributed by atoms with Crippen molar-refractivity contribution in [2.24, 2.45) is 0 Å². The van der Waals surface area contributed by atoms with Gasteiger partial charge in [-0.25, -0.2) is 9.59 Å². The monoisotopic (exact) mass is 343 g/mol. The van der Waals surface area contributed by atoms with Crippen molar-refractivity contribution in [2.45, 2.75) is 0 Å². The number of nitrogens with one attached hydrogen (secondary N) is 2. The third-order valence-corrected chi connectivity index (χ3v) is 2.85. The minimum atomic E-state index is -1.16. The zero-order valence-electron chi connectivity index (χ0n) is 10.9. The van der Waals surface area contributed by atoms with E-state index in [9.17, 15) is 14.4 Å². The molecule has 108 valence electrons. The molecule has 20 heavy (non-hydrogen) atoms. The number of carbonyl (C=O) groups is 3. The number of likely N-dealkylation sites (N-methyl/N-ethyl adjacent to an activating group) is 1. The largest absolute Gasteiger partial charge is 0.478 e. The second-order valence-electron chi connectivity index (χ2n) is 4.09. The van der Waals surface area contributed by atoms with Gasteiger partial charge in [-0.3, -0.25) is 4.79 Å². The molecule has 1 rings (SSSR count). The molecule has 0 spiro atoms. The van der Waals surface area contributed by atoms with Crippen LogP contribution in [0.1, 0.15) is 10.4 Å². The summed E-state index contributed by atoms with van der Waals surface area (Å²) in [6.07, 6.45) is 0. The number of carboxylic acids is 1. The molecule has 0 heterocycles. The standard InChI is InChI=1S/C12H14BrN3O4/c1-16(2)10(17)6-14-12(20)15-9-4-3-7(13)5-8(9)11(18)19/h3-5H,6H2,1-2H3,(H,18,19)(H2,14,15,20). The van der Waals surface area contributed by atoms with Gasteiger partial charge in [-0.05, 0) is 18.2 Å². The van der Waals surface area contributed by atoms with Gasteiger partial charge in [-0.2, -0.15) is 0 Å². The first kappa shape index (κ1) is 16.0. The van der Waals surface area contributed by atoms with E-state index in [1.807, 2.05) is 0 Å². The zero-order chi connectivity index (χ0) is 15.3. The lowest BCUT2D eigenvalue weighted by molar-refractivity contribution is -0.127. The fraction of sp³-hybridized carbons (Fsp3) is 0.250. The topological polar surface area (TPSA) is 98.7 Å². The second-order valence-corrected chi connectivity index (χ2v) is 5.01. The molecule has 0 aliphatic heterocycles. The summed E-state index contributed by atoms with van der Waals surface area (Å²) in [5, 5.41) is 13.8. The minimum Gasteiger partial charge on any atom is -0.478 e. The highest BCUT2D eigenvalue weighted by Gasteiger charge is 2.13. The number of hydrogen-bond acceptors (Lipinski definition) is 3. The molecule has 1 aromatic rings. The van der Waals surface area contributed by atoms with E-state index in [1.165, 1.54) is 17.0 Å². The van der Waals surface area contributed by atoms with Gasteiger partial charge in [0.1, 0.15) is 0 Å². The lowest BCUT2D eigenvalue weighted by Crippen LogP contribution is -2.38. The molecule has 0 bridgehead atoms.